The summed E-state index contributed by atoms with van der Waals surface area (Å²) in [5.41, 5.74) is 6.21. The third kappa shape index (κ3) is 2.97. The quantitative estimate of drug-likeness (QED) is 0.808. The Bertz CT molecular complexity index is 275. The van der Waals surface area contributed by atoms with Crippen LogP contribution in [0.4, 0.5) is 0 Å². The molecule has 0 fully saturated rings. The first-order valence-corrected chi connectivity index (χ1v) is 5.64. The van der Waals surface area contributed by atoms with Crippen LogP contribution in [0.25, 0.3) is 0 Å². The average Bonchev–Trinajstić information content (AvgIpc) is 2.34. The van der Waals surface area contributed by atoms with Gasteiger partial charge < -0.3 is 5.73 Å². The van der Waals surface area contributed by atoms with Crippen molar-refractivity contribution >= 4 is 22.9 Å². The van der Waals surface area contributed by atoms with Crippen molar-refractivity contribution in [2.75, 3.05) is 0 Å². The van der Waals surface area contributed by atoms with E-state index in [9.17, 15) is 0 Å². The smallest absolute Gasteiger partial charge is 0.0545 e. The molecule has 1 unspecified atom stereocenters. The molecule has 1 atom stereocenters. The average molecular weight is 218 g/mol. The normalized spacial score (nSPS) is 14.5. The van der Waals surface area contributed by atoms with E-state index < -0.39 is 0 Å². The van der Waals surface area contributed by atoms with E-state index in [2.05, 4.69) is 20.8 Å². The molecule has 13 heavy (non-hydrogen) atoms. The molecular weight excluding hydrogens is 202 g/mol. The summed E-state index contributed by atoms with van der Waals surface area (Å²) in [6.45, 7) is 6.46. The summed E-state index contributed by atoms with van der Waals surface area (Å²) in [5, 5.41) is 2.86. The molecule has 74 valence electrons. The Morgan fingerprint density at radius 1 is 1.54 bits per heavy atom. The van der Waals surface area contributed by atoms with Crippen LogP contribution >= 0.6 is 22.9 Å². The molecule has 0 aliphatic rings. The van der Waals surface area contributed by atoms with Crippen molar-refractivity contribution in [1.29, 1.82) is 0 Å². The zero-order valence-electron chi connectivity index (χ0n) is 8.30. The number of rotatable bonds is 2. The fraction of sp³-hybridized carbons (Fsp3) is 0.600. The van der Waals surface area contributed by atoms with Gasteiger partial charge in [-0.25, -0.2) is 0 Å². The molecule has 0 bridgehead atoms. The second kappa shape index (κ2) is 3.99. The lowest BCUT2D eigenvalue weighted by atomic mass is 9.85. The van der Waals surface area contributed by atoms with Gasteiger partial charge in [0.05, 0.1) is 5.02 Å². The maximum absolute atomic E-state index is 6.06. The summed E-state index contributed by atoms with van der Waals surface area (Å²) in [6.07, 6.45) is 0.875. The van der Waals surface area contributed by atoms with Crippen molar-refractivity contribution in [3.05, 3.63) is 21.3 Å². The van der Waals surface area contributed by atoms with Gasteiger partial charge in [0.1, 0.15) is 0 Å². The topological polar surface area (TPSA) is 26.0 Å². The minimum atomic E-state index is 0.146. The second-order valence-electron chi connectivity index (χ2n) is 4.37. The predicted octanol–water partition coefficient (Wildman–Crippen LogP) is 3.32. The molecule has 0 aliphatic carbocycles. The minimum Gasteiger partial charge on any atom is -0.327 e. The number of thiophene rings is 1. The van der Waals surface area contributed by atoms with Crippen molar-refractivity contribution in [2.24, 2.45) is 11.1 Å². The number of nitrogens with two attached hydrogens (primary N) is 1. The minimum absolute atomic E-state index is 0.146. The zero-order valence-corrected chi connectivity index (χ0v) is 9.88. The van der Waals surface area contributed by atoms with Gasteiger partial charge in [0.25, 0.3) is 0 Å². The summed E-state index contributed by atoms with van der Waals surface area (Å²) < 4.78 is 0. The van der Waals surface area contributed by atoms with Crippen molar-refractivity contribution in [3.63, 3.8) is 0 Å². The van der Waals surface area contributed by atoms with Gasteiger partial charge in [-0.1, -0.05) is 32.4 Å². The van der Waals surface area contributed by atoms with Crippen LogP contribution in [-0.2, 0) is 6.42 Å². The van der Waals surface area contributed by atoms with Crippen LogP contribution in [0.3, 0.4) is 0 Å². The molecule has 0 aromatic carbocycles. The monoisotopic (exact) mass is 217 g/mol. The molecule has 1 rings (SSSR count). The van der Waals surface area contributed by atoms with Gasteiger partial charge in [-0.15, -0.1) is 11.3 Å². The Morgan fingerprint density at radius 2 is 2.15 bits per heavy atom. The van der Waals surface area contributed by atoms with E-state index in [1.54, 1.807) is 11.3 Å². The Balaban J connectivity index is 2.65. The van der Waals surface area contributed by atoms with E-state index in [0.29, 0.717) is 0 Å². The third-order valence-corrected chi connectivity index (χ3v) is 3.62. The molecule has 1 nitrogen and oxygen atoms in total. The Kier molecular flexibility index (Phi) is 3.38. The molecule has 1 aromatic rings. The molecule has 1 aromatic heterocycles. The zero-order chi connectivity index (χ0) is 10.1. The fourth-order valence-electron chi connectivity index (χ4n) is 0.977. The molecule has 3 heteroatoms. The van der Waals surface area contributed by atoms with Crippen LogP contribution in [0, 0.1) is 5.41 Å². The SMILES string of the molecule is CC(C)(C)C(N)Cc1sccc1Cl. The highest BCUT2D eigenvalue weighted by molar-refractivity contribution is 7.10. The van der Waals surface area contributed by atoms with Crippen LogP contribution < -0.4 is 5.73 Å². The standard InChI is InChI=1S/C10H16ClNS/c1-10(2,3)9(12)6-8-7(11)4-5-13-8/h4-5,9H,6,12H2,1-3H3. The summed E-state index contributed by atoms with van der Waals surface area (Å²) in [5.74, 6) is 0. The number of hydrogen-bond donors (Lipinski definition) is 1. The summed E-state index contributed by atoms with van der Waals surface area (Å²) in [4.78, 5) is 1.20. The molecular formula is C10H16ClNS. The van der Waals surface area contributed by atoms with Crippen molar-refractivity contribution < 1.29 is 0 Å². The Hall–Kier alpha value is -0.0500. The maximum atomic E-state index is 6.06. The first-order chi connectivity index (χ1) is 5.91. The first-order valence-electron chi connectivity index (χ1n) is 4.38. The second-order valence-corrected chi connectivity index (χ2v) is 5.78. The lowest BCUT2D eigenvalue weighted by Crippen LogP contribution is -2.36. The van der Waals surface area contributed by atoms with Gasteiger partial charge in [-0.05, 0) is 23.3 Å². The molecule has 0 saturated heterocycles. The Labute approximate surface area is 88.9 Å². The highest BCUT2D eigenvalue weighted by Gasteiger charge is 2.21. The van der Waals surface area contributed by atoms with Gasteiger partial charge in [0, 0.05) is 10.9 Å². The van der Waals surface area contributed by atoms with Gasteiger partial charge in [0.15, 0.2) is 0 Å². The largest absolute Gasteiger partial charge is 0.327 e. The Morgan fingerprint density at radius 3 is 2.54 bits per heavy atom. The highest BCUT2D eigenvalue weighted by atomic mass is 35.5. The van der Waals surface area contributed by atoms with Crippen molar-refractivity contribution in [1.82, 2.24) is 0 Å². The van der Waals surface area contributed by atoms with Crippen LogP contribution in [0.15, 0.2) is 11.4 Å². The van der Waals surface area contributed by atoms with Crippen LogP contribution in [0.1, 0.15) is 25.6 Å². The lowest BCUT2D eigenvalue weighted by molar-refractivity contribution is 0.320. The van der Waals surface area contributed by atoms with Crippen LogP contribution in [0.5, 0.6) is 0 Å². The lowest BCUT2D eigenvalue weighted by Gasteiger charge is -2.26. The summed E-state index contributed by atoms with van der Waals surface area (Å²) in [7, 11) is 0. The summed E-state index contributed by atoms with van der Waals surface area (Å²) in [6, 6.07) is 2.10. The van der Waals surface area contributed by atoms with E-state index >= 15 is 0 Å². The van der Waals surface area contributed by atoms with E-state index in [1.807, 2.05) is 11.4 Å². The highest BCUT2D eigenvalue weighted by Crippen LogP contribution is 2.27. The molecule has 0 radical (unpaired) electrons. The molecule has 0 spiro atoms. The van der Waals surface area contributed by atoms with Gasteiger partial charge in [-0.2, -0.15) is 0 Å². The summed E-state index contributed by atoms with van der Waals surface area (Å²) >= 11 is 7.67. The van der Waals surface area contributed by atoms with Crippen LogP contribution in [-0.4, -0.2) is 6.04 Å². The van der Waals surface area contributed by atoms with Gasteiger partial charge >= 0.3 is 0 Å². The number of hydrogen-bond acceptors (Lipinski definition) is 2. The van der Waals surface area contributed by atoms with Gasteiger partial charge in [-0.3, -0.25) is 0 Å². The van der Waals surface area contributed by atoms with Crippen molar-refractivity contribution in [3.8, 4) is 0 Å². The van der Waals surface area contributed by atoms with E-state index in [-0.39, 0.29) is 11.5 Å². The molecule has 0 aliphatic heterocycles. The molecule has 1 heterocycles. The van der Waals surface area contributed by atoms with Crippen LogP contribution in [0.2, 0.25) is 5.02 Å². The van der Waals surface area contributed by atoms with E-state index in [4.69, 9.17) is 17.3 Å². The fourth-order valence-corrected chi connectivity index (χ4v) is 2.15. The predicted molar refractivity (Wildman–Crippen MR) is 60.5 cm³/mol. The molecule has 0 amide bonds. The first kappa shape index (κ1) is 11.0. The van der Waals surface area contributed by atoms with E-state index in [0.717, 1.165) is 11.4 Å². The van der Waals surface area contributed by atoms with Gasteiger partial charge in [0.2, 0.25) is 0 Å². The maximum Gasteiger partial charge on any atom is 0.0545 e. The van der Waals surface area contributed by atoms with E-state index in [1.165, 1.54) is 4.88 Å². The molecule has 2 N–H and O–H groups in total. The van der Waals surface area contributed by atoms with Crippen molar-refractivity contribution in [2.45, 2.75) is 33.2 Å². The molecule has 0 saturated carbocycles. The number of halogens is 1. The third-order valence-electron chi connectivity index (χ3n) is 2.21.